The Morgan fingerprint density at radius 2 is 2.04 bits per heavy atom. The molecule has 1 amide bonds. The third-order valence-corrected chi connectivity index (χ3v) is 4.97. The molecule has 1 saturated heterocycles. The van der Waals surface area contributed by atoms with E-state index in [0.29, 0.717) is 52.2 Å². The van der Waals surface area contributed by atoms with Crippen LogP contribution in [0.4, 0.5) is 4.79 Å². The number of ether oxygens (including phenoxy) is 2. The fourth-order valence-corrected chi connectivity index (χ4v) is 3.15. The van der Waals surface area contributed by atoms with Gasteiger partial charge in [0, 0.05) is 25.1 Å². The molecule has 0 unspecified atom stereocenters. The molecule has 1 atom stereocenters. The van der Waals surface area contributed by atoms with Crippen molar-refractivity contribution < 1.29 is 19.4 Å². The van der Waals surface area contributed by atoms with Gasteiger partial charge in [-0.25, -0.2) is 14.8 Å². The number of fused-ring (bicyclic) bond motifs is 1. The minimum Gasteiger partial charge on any atom is -0.472 e. The number of halogens is 2. The summed E-state index contributed by atoms with van der Waals surface area (Å²) in [7, 11) is 0. The number of aromatic nitrogens is 3. The first-order chi connectivity index (χ1) is 13.5. The number of rotatable bonds is 4. The molecule has 8 nitrogen and oxygen atoms in total. The quantitative estimate of drug-likeness (QED) is 0.673. The van der Waals surface area contributed by atoms with Crippen LogP contribution in [0.1, 0.15) is 6.42 Å². The zero-order chi connectivity index (χ0) is 19.7. The number of hydrogen-bond donors (Lipinski definition) is 1. The van der Waals surface area contributed by atoms with Crippen molar-refractivity contribution in [2.24, 2.45) is 0 Å². The lowest BCUT2D eigenvalue weighted by Gasteiger charge is -2.14. The number of benzene rings is 1. The van der Waals surface area contributed by atoms with Crippen molar-refractivity contribution in [3.63, 3.8) is 0 Å². The Hall–Kier alpha value is -2.84. The van der Waals surface area contributed by atoms with Crippen LogP contribution in [0, 0.1) is 0 Å². The summed E-state index contributed by atoms with van der Waals surface area (Å²) in [5, 5.41) is 9.83. The molecule has 0 saturated carbocycles. The lowest BCUT2D eigenvalue weighted by molar-refractivity contribution is 0.144. The van der Waals surface area contributed by atoms with E-state index in [9.17, 15) is 4.79 Å². The third kappa shape index (κ3) is 3.88. The van der Waals surface area contributed by atoms with Gasteiger partial charge in [0.2, 0.25) is 11.8 Å². The number of carboxylic acid groups (broad SMARTS) is 1. The summed E-state index contributed by atoms with van der Waals surface area (Å²) < 4.78 is 11.6. The molecular formula is C18H14Cl2N4O4. The maximum atomic E-state index is 11.0. The molecule has 0 spiro atoms. The second kappa shape index (κ2) is 7.65. The zero-order valence-corrected chi connectivity index (χ0v) is 15.9. The molecule has 1 N–H and O–H groups in total. The number of pyridine rings is 1. The van der Waals surface area contributed by atoms with E-state index in [1.807, 2.05) is 0 Å². The van der Waals surface area contributed by atoms with Crippen LogP contribution in [-0.2, 0) is 0 Å². The zero-order valence-electron chi connectivity index (χ0n) is 14.4. The van der Waals surface area contributed by atoms with Crippen molar-refractivity contribution in [3.8, 4) is 17.5 Å². The van der Waals surface area contributed by atoms with Gasteiger partial charge in [0.15, 0.2) is 5.52 Å². The average molecular weight is 421 g/mol. The van der Waals surface area contributed by atoms with Gasteiger partial charge in [-0.2, -0.15) is 4.98 Å². The number of nitrogens with zero attached hydrogens (tertiary/aromatic N) is 4. The van der Waals surface area contributed by atoms with E-state index >= 15 is 0 Å². The van der Waals surface area contributed by atoms with E-state index in [1.54, 1.807) is 30.3 Å². The minimum absolute atomic E-state index is 0.243. The molecule has 10 heteroatoms. The van der Waals surface area contributed by atoms with E-state index in [2.05, 4.69) is 15.0 Å². The second-order valence-corrected chi connectivity index (χ2v) is 6.95. The van der Waals surface area contributed by atoms with Gasteiger partial charge >= 0.3 is 6.09 Å². The molecule has 3 heterocycles. The van der Waals surface area contributed by atoms with Gasteiger partial charge in [-0.1, -0.05) is 23.2 Å². The lowest BCUT2D eigenvalue weighted by Crippen LogP contribution is -2.29. The van der Waals surface area contributed by atoms with Gasteiger partial charge < -0.3 is 19.5 Å². The molecule has 28 heavy (non-hydrogen) atoms. The number of amides is 1. The van der Waals surface area contributed by atoms with Gasteiger partial charge in [0.25, 0.3) is 0 Å². The SMILES string of the molecule is O=C(O)N1CC[C@H](Oc2ccc3ncnc(Oc4ccc(Cl)c(Cl)c4)c3n2)C1. The largest absolute Gasteiger partial charge is 0.472 e. The third-order valence-electron chi connectivity index (χ3n) is 4.23. The fraction of sp³-hybridized carbons (Fsp3) is 0.222. The second-order valence-electron chi connectivity index (χ2n) is 6.13. The molecule has 0 radical (unpaired) electrons. The highest BCUT2D eigenvalue weighted by atomic mass is 35.5. The summed E-state index contributed by atoms with van der Waals surface area (Å²) >= 11 is 12.0. The van der Waals surface area contributed by atoms with Crippen LogP contribution in [0.3, 0.4) is 0 Å². The number of hydrogen-bond acceptors (Lipinski definition) is 6. The molecular weight excluding hydrogens is 407 g/mol. The number of carbonyl (C=O) groups is 1. The topological polar surface area (TPSA) is 97.7 Å². The first-order valence-corrected chi connectivity index (χ1v) is 9.14. The Balaban J connectivity index is 1.59. The molecule has 144 valence electrons. The van der Waals surface area contributed by atoms with Crippen LogP contribution in [0.2, 0.25) is 10.0 Å². The van der Waals surface area contributed by atoms with Gasteiger partial charge in [0.05, 0.1) is 22.1 Å². The Bertz CT molecular complexity index is 1050. The van der Waals surface area contributed by atoms with Crippen molar-refractivity contribution in [1.29, 1.82) is 0 Å². The van der Waals surface area contributed by atoms with E-state index in [0.717, 1.165) is 0 Å². The van der Waals surface area contributed by atoms with Crippen LogP contribution in [0.5, 0.6) is 17.5 Å². The number of likely N-dealkylation sites (tertiary alicyclic amines) is 1. The summed E-state index contributed by atoms with van der Waals surface area (Å²) in [5.74, 6) is 1.04. The van der Waals surface area contributed by atoms with Crippen LogP contribution in [0.25, 0.3) is 11.0 Å². The normalized spacial score (nSPS) is 16.4. The maximum absolute atomic E-state index is 11.0. The standard InChI is InChI=1S/C18H14Cl2N4O4/c19-12-2-1-10(7-13(12)20)28-17-16-14(21-9-22-17)3-4-15(23-16)27-11-5-6-24(8-11)18(25)26/h1-4,7,9,11H,5-6,8H2,(H,25,26)/t11-/m0/s1. The van der Waals surface area contributed by atoms with Crippen molar-refractivity contribution in [2.45, 2.75) is 12.5 Å². The van der Waals surface area contributed by atoms with Crippen molar-refractivity contribution in [3.05, 3.63) is 46.7 Å². The van der Waals surface area contributed by atoms with Crippen molar-refractivity contribution in [1.82, 2.24) is 19.9 Å². The smallest absolute Gasteiger partial charge is 0.407 e. The first-order valence-electron chi connectivity index (χ1n) is 8.39. The summed E-state index contributed by atoms with van der Waals surface area (Å²) in [5.41, 5.74) is 0.996. The Morgan fingerprint density at radius 3 is 2.79 bits per heavy atom. The Morgan fingerprint density at radius 1 is 1.18 bits per heavy atom. The van der Waals surface area contributed by atoms with E-state index in [1.165, 1.54) is 11.2 Å². The van der Waals surface area contributed by atoms with E-state index in [-0.39, 0.29) is 12.0 Å². The summed E-state index contributed by atoms with van der Waals surface area (Å²) in [4.78, 5) is 25.1. The highest BCUT2D eigenvalue weighted by Gasteiger charge is 2.27. The maximum Gasteiger partial charge on any atom is 0.407 e. The van der Waals surface area contributed by atoms with Gasteiger partial charge in [-0.05, 0) is 18.2 Å². The Labute approximate surface area is 169 Å². The van der Waals surface area contributed by atoms with E-state index in [4.69, 9.17) is 37.8 Å². The molecule has 4 rings (SSSR count). The minimum atomic E-state index is -0.955. The lowest BCUT2D eigenvalue weighted by atomic mass is 10.3. The van der Waals surface area contributed by atoms with Gasteiger partial charge in [0.1, 0.15) is 18.2 Å². The molecule has 0 bridgehead atoms. The fourth-order valence-electron chi connectivity index (χ4n) is 2.86. The molecule has 0 aliphatic carbocycles. The Kier molecular flexibility index (Phi) is 5.06. The molecule has 1 aliphatic rings. The predicted molar refractivity (Wildman–Crippen MR) is 102 cm³/mol. The molecule has 1 aromatic carbocycles. The highest BCUT2D eigenvalue weighted by molar-refractivity contribution is 6.42. The van der Waals surface area contributed by atoms with E-state index < -0.39 is 6.09 Å². The van der Waals surface area contributed by atoms with Crippen LogP contribution in [-0.4, -0.2) is 50.2 Å². The molecule has 1 aliphatic heterocycles. The van der Waals surface area contributed by atoms with Crippen LogP contribution < -0.4 is 9.47 Å². The molecule has 1 fully saturated rings. The molecule has 3 aromatic rings. The molecule has 2 aromatic heterocycles. The van der Waals surface area contributed by atoms with Crippen molar-refractivity contribution >= 4 is 40.3 Å². The van der Waals surface area contributed by atoms with Gasteiger partial charge in [-0.15, -0.1) is 0 Å². The van der Waals surface area contributed by atoms with Gasteiger partial charge in [-0.3, -0.25) is 0 Å². The first kappa shape index (κ1) is 18.5. The summed E-state index contributed by atoms with van der Waals surface area (Å²) in [6, 6.07) is 8.30. The highest BCUT2D eigenvalue weighted by Crippen LogP contribution is 2.31. The summed E-state index contributed by atoms with van der Waals surface area (Å²) in [6.07, 6.45) is 0.761. The van der Waals surface area contributed by atoms with Crippen LogP contribution in [0.15, 0.2) is 36.7 Å². The summed E-state index contributed by atoms with van der Waals surface area (Å²) in [6.45, 7) is 0.731. The average Bonchev–Trinajstić information content (AvgIpc) is 3.14. The predicted octanol–water partition coefficient (Wildman–Crippen LogP) is 4.26. The van der Waals surface area contributed by atoms with Crippen molar-refractivity contribution in [2.75, 3.05) is 13.1 Å². The van der Waals surface area contributed by atoms with Crippen LogP contribution >= 0.6 is 23.2 Å². The monoisotopic (exact) mass is 420 g/mol.